The molecule has 0 aliphatic rings. The van der Waals surface area contributed by atoms with Crippen molar-refractivity contribution in [2.75, 3.05) is 30.9 Å². The summed E-state index contributed by atoms with van der Waals surface area (Å²) < 4.78 is 24.7. The van der Waals surface area contributed by atoms with Crippen LogP contribution in [0.25, 0.3) is 0 Å². The lowest BCUT2D eigenvalue weighted by Gasteiger charge is -2.09. The molecule has 1 rings (SSSR count). The van der Waals surface area contributed by atoms with Gasteiger partial charge in [0.2, 0.25) is 11.8 Å². The maximum atomic E-state index is 13.0. The van der Waals surface area contributed by atoms with E-state index in [1.165, 1.54) is 17.0 Å². The second-order valence-corrected chi connectivity index (χ2v) is 6.84. The molecule has 0 saturated heterocycles. The fraction of sp³-hybridized carbons (Fsp3) is 0.429. The maximum absolute atomic E-state index is 13.0. The van der Waals surface area contributed by atoms with E-state index in [2.05, 4.69) is 5.32 Å². The largest absolute Gasteiger partial charge is 0.349 e. The number of nitrogens with zero attached hydrogens (tertiary/aromatic N) is 1. The van der Waals surface area contributed by atoms with Crippen molar-refractivity contribution < 1.29 is 18.2 Å². The van der Waals surface area contributed by atoms with E-state index in [1.807, 2.05) is 0 Å². The molecule has 0 fully saturated rings. The Bertz CT molecular complexity index is 581. The summed E-state index contributed by atoms with van der Waals surface area (Å²) in [5.41, 5.74) is 0.344. The normalized spacial score (nSPS) is 11.8. The molecule has 0 bridgehead atoms. The quantitative estimate of drug-likeness (QED) is 0.820. The number of anilines is 1. The SMILES string of the molecule is CN(C)C(=O)CCCS(=O)CC(=O)Nc1ccc(F)c(Cl)c1. The molecular weight excluding hydrogens is 331 g/mol. The summed E-state index contributed by atoms with van der Waals surface area (Å²) in [6, 6.07) is 3.80. The Morgan fingerprint density at radius 2 is 2.05 bits per heavy atom. The Morgan fingerprint density at radius 1 is 1.36 bits per heavy atom. The second kappa shape index (κ2) is 8.85. The van der Waals surface area contributed by atoms with Gasteiger partial charge < -0.3 is 10.2 Å². The number of rotatable bonds is 7. The summed E-state index contributed by atoms with van der Waals surface area (Å²) in [4.78, 5) is 24.5. The minimum absolute atomic E-state index is 0.0394. The van der Waals surface area contributed by atoms with Crippen LogP contribution in [0.2, 0.25) is 5.02 Å². The van der Waals surface area contributed by atoms with Crippen molar-refractivity contribution in [1.82, 2.24) is 4.90 Å². The molecule has 8 heteroatoms. The Hall–Kier alpha value is -1.47. The zero-order valence-corrected chi connectivity index (χ0v) is 14.0. The van der Waals surface area contributed by atoms with Crippen molar-refractivity contribution in [1.29, 1.82) is 0 Å². The molecule has 1 atom stereocenters. The molecular formula is C14H18ClFN2O3S. The lowest BCUT2D eigenvalue weighted by Crippen LogP contribution is -2.23. The highest BCUT2D eigenvalue weighted by Crippen LogP contribution is 2.19. The van der Waals surface area contributed by atoms with E-state index >= 15 is 0 Å². The molecule has 0 heterocycles. The standard InChI is InChI=1S/C14H18ClFN2O3S/c1-18(2)14(20)4-3-7-22(21)9-13(19)17-10-5-6-12(16)11(15)8-10/h5-6,8H,3-4,7,9H2,1-2H3,(H,17,19). The number of nitrogens with one attached hydrogen (secondary N) is 1. The Balaban J connectivity index is 2.36. The molecule has 22 heavy (non-hydrogen) atoms. The molecule has 0 aliphatic carbocycles. The fourth-order valence-corrected chi connectivity index (χ4v) is 2.75. The molecule has 0 aliphatic heterocycles. The smallest absolute Gasteiger partial charge is 0.236 e. The van der Waals surface area contributed by atoms with E-state index < -0.39 is 22.5 Å². The third-order valence-electron chi connectivity index (χ3n) is 2.76. The van der Waals surface area contributed by atoms with Crippen LogP contribution in [0.5, 0.6) is 0 Å². The monoisotopic (exact) mass is 348 g/mol. The summed E-state index contributed by atoms with van der Waals surface area (Å²) >= 11 is 5.60. The van der Waals surface area contributed by atoms with E-state index in [9.17, 15) is 18.2 Å². The predicted molar refractivity (Wildman–Crippen MR) is 85.8 cm³/mol. The van der Waals surface area contributed by atoms with Crippen molar-refractivity contribution in [3.8, 4) is 0 Å². The molecule has 1 unspecified atom stereocenters. The van der Waals surface area contributed by atoms with Gasteiger partial charge >= 0.3 is 0 Å². The van der Waals surface area contributed by atoms with E-state index in [0.717, 1.165) is 6.07 Å². The zero-order valence-electron chi connectivity index (χ0n) is 12.4. The van der Waals surface area contributed by atoms with Gasteiger partial charge in [0.1, 0.15) is 11.6 Å². The topological polar surface area (TPSA) is 66.5 Å². The summed E-state index contributed by atoms with van der Waals surface area (Å²) in [5, 5.41) is 2.40. The Kier molecular flexibility index (Phi) is 7.47. The molecule has 2 amide bonds. The third kappa shape index (κ3) is 6.53. The van der Waals surface area contributed by atoms with Gasteiger partial charge in [0.15, 0.2) is 0 Å². The first-order valence-electron chi connectivity index (χ1n) is 6.59. The molecule has 1 N–H and O–H groups in total. The number of benzene rings is 1. The van der Waals surface area contributed by atoms with Crippen LogP contribution in [-0.4, -0.2) is 46.5 Å². The highest BCUT2D eigenvalue weighted by molar-refractivity contribution is 7.85. The number of carbonyl (C=O) groups excluding carboxylic acids is 2. The molecule has 0 radical (unpaired) electrons. The van der Waals surface area contributed by atoms with Crippen LogP contribution in [0.15, 0.2) is 18.2 Å². The third-order valence-corrected chi connectivity index (χ3v) is 4.37. The second-order valence-electron chi connectivity index (χ2n) is 4.86. The van der Waals surface area contributed by atoms with Gasteiger partial charge in [0, 0.05) is 42.8 Å². The number of amides is 2. The van der Waals surface area contributed by atoms with Crippen LogP contribution in [0.3, 0.4) is 0 Å². The van der Waals surface area contributed by atoms with Crippen molar-refractivity contribution in [2.45, 2.75) is 12.8 Å². The van der Waals surface area contributed by atoms with Gasteiger partial charge in [-0.2, -0.15) is 0 Å². The number of halogens is 2. The first-order valence-corrected chi connectivity index (χ1v) is 8.46. The molecule has 0 aromatic heterocycles. The van der Waals surface area contributed by atoms with Gasteiger partial charge in [-0.1, -0.05) is 11.6 Å². The summed E-state index contributed by atoms with van der Waals surface area (Å²) in [6.07, 6.45) is 0.757. The van der Waals surface area contributed by atoms with Crippen LogP contribution >= 0.6 is 11.6 Å². The van der Waals surface area contributed by atoms with Crippen LogP contribution in [0.4, 0.5) is 10.1 Å². The van der Waals surface area contributed by atoms with E-state index in [4.69, 9.17) is 11.6 Å². The predicted octanol–water partition coefficient (Wildman–Crippen LogP) is 2.03. The zero-order chi connectivity index (χ0) is 16.7. The minimum Gasteiger partial charge on any atom is -0.349 e. The van der Waals surface area contributed by atoms with Gasteiger partial charge in [-0.3, -0.25) is 13.8 Å². The molecule has 0 spiro atoms. The minimum atomic E-state index is -1.35. The average molecular weight is 349 g/mol. The summed E-state index contributed by atoms with van der Waals surface area (Å²) in [7, 11) is 1.95. The number of hydrogen-bond donors (Lipinski definition) is 1. The van der Waals surface area contributed by atoms with E-state index in [0.29, 0.717) is 18.5 Å². The van der Waals surface area contributed by atoms with Crippen LogP contribution in [-0.2, 0) is 20.4 Å². The lowest BCUT2D eigenvalue weighted by atomic mass is 10.3. The number of hydrogen-bond acceptors (Lipinski definition) is 3. The van der Waals surface area contributed by atoms with Gasteiger partial charge in [0.25, 0.3) is 0 Å². The van der Waals surface area contributed by atoms with Gasteiger partial charge in [-0.25, -0.2) is 4.39 Å². The highest BCUT2D eigenvalue weighted by atomic mass is 35.5. The number of carbonyl (C=O) groups is 2. The van der Waals surface area contributed by atoms with Crippen molar-refractivity contribution in [2.24, 2.45) is 0 Å². The van der Waals surface area contributed by atoms with Crippen LogP contribution in [0, 0.1) is 5.82 Å². The fourth-order valence-electron chi connectivity index (χ4n) is 1.60. The summed E-state index contributed by atoms with van der Waals surface area (Å²) in [6.45, 7) is 0. The van der Waals surface area contributed by atoms with Crippen molar-refractivity contribution >= 4 is 39.9 Å². The van der Waals surface area contributed by atoms with Crippen LogP contribution in [0.1, 0.15) is 12.8 Å². The first-order chi connectivity index (χ1) is 10.3. The van der Waals surface area contributed by atoms with E-state index in [1.54, 1.807) is 14.1 Å². The van der Waals surface area contributed by atoms with Crippen molar-refractivity contribution in [3.63, 3.8) is 0 Å². The Labute approximate surface area is 136 Å². The van der Waals surface area contributed by atoms with Crippen molar-refractivity contribution in [3.05, 3.63) is 29.0 Å². The molecule has 122 valence electrons. The molecule has 5 nitrogen and oxygen atoms in total. The highest BCUT2D eigenvalue weighted by Gasteiger charge is 2.11. The molecule has 1 aromatic carbocycles. The van der Waals surface area contributed by atoms with E-state index in [-0.39, 0.29) is 22.4 Å². The lowest BCUT2D eigenvalue weighted by molar-refractivity contribution is -0.128. The van der Waals surface area contributed by atoms with Gasteiger partial charge in [0.05, 0.1) is 5.02 Å². The molecule has 0 saturated carbocycles. The van der Waals surface area contributed by atoms with Gasteiger partial charge in [-0.15, -0.1) is 0 Å². The summed E-state index contributed by atoms with van der Waals surface area (Å²) in [5.74, 6) is -0.960. The van der Waals surface area contributed by atoms with Gasteiger partial charge in [-0.05, 0) is 24.6 Å². The maximum Gasteiger partial charge on any atom is 0.236 e. The molecule has 1 aromatic rings. The average Bonchev–Trinajstić information content (AvgIpc) is 2.42. The van der Waals surface area contributed by atoms with Crippen LogP contribution < -0.4 is 5.32 Å². The Morgan fingerprint density at radius 3 is 2.64 bits per heavy atom. The first kappa shape index (κ1) is 18.6.